The summed E-state index contributed by atoms with van der Waals surface area (Å²) in [4.78, 5) is 13.0. The zero-order chi connectivity index (χ0) is 21.6. The maximum Gasteiger partial charge on any atom is 0.248 e. The molecule has 9 heteroatoms. The molecule has 1 aromatic heterocycles. The fourth-order valence-electron chi connectivity index (χ4n) is 3.13. The summed E-state index contributed by atoms with van der Waals surface area (Å²) < 4.78 is 19.9. The molecule has 0 radical (unpaired) electrons. The van der Waals surface area contributed by atoms with Gasteiger partial charge < -0.3 is 10.1 Å². The van der Waals surface area contributed by atoms with Crippen LogP contribution in [0.4, 0.5) is 16.3 Å². The van der Waals surface area contributed by atoms with E-state index in [-0.39, 0.29) is 22.4 Å². The zero-order valence-electron chi connectivity index (χ0n) is 17.0. The average Bonchev–Trinajstić information content (AvgIpc) is 3.27. The highest BCUT2D eigenvalue weighted by atomic mass is 35.5. The second-order valence-corrected chi connectivity index (χ2v) is 7.70. The van der Waals surface area contributed by atoms with Crippen molar-refractivity contribution in [3.63, 3.8) is 0 Å². The first-order valence-electron chi connectivity index (χ1n) is 9.96. The molecule has 0 aliphatic carbocycles. The number of anilines is 2. The number of hydrazone groups is 1. The maximum absolute atomic E-state index is 14.5. The SMILES string of the molecule is Cc1ccc(C=NNc2nc(NCC3CCOC3)nc(-c3c(F)cccc3Cl)n2)cc1. The van der Waals surface area contributed by atoms with E-state index < -0.39 is 5.82 Å². The van der Waals surface area contributed by atoms with Crippen LogP contribution >= 0.6 is 11.6 Å². The summed E-state index contributed by atoms with van der Waals surface area (Å²) in [6.45, 7) is 4.10. The number of hydrogen-bond acceptors (Lipinski definition) is 7. The fraction of sp³-hybridized carbons (Fsp3) is 0.273. The lowest BCUT2D eigenvalue weighted by molar-refractivity contribution is 0.187. The van der Waals surface area contributed by atoms with Gasteiger partial charge in [0.2, 0.25) is 11.9 Å². The van der Waals surface area contributed by atoms with Gasteiger partial charge in [0.15, 0.2) is 5.82 Å². The van der Waals surface area contributed by atoms with E-state index in [2.05, 4.69) is 30.8 Å². The highest BCUT2D eigenvalue weighted by molar-refractivity contribution is 6.33. The van der Waals surface area contributed by atoms with Crippen LogP contribution in [0.5, 0.6) is 0 Å². The van der Waals surface area contributed by atoms with Crippen molar-refractivity contribution in [2.45, 2.75) is 13.3 Å². The van der Waals surface area contributed by atoms with Crippen LogP contribution in [0.1, 0.15) is 17.5 Å². The van der Waals surface area contributed by atoms with Gasteiger partial charge in [0.1, 0.15) is 5.82 Å². The second kappa shape index (κ2) is 9.80. The van der Waals surface area contributed by atoms with Crippen molar-refractivity contribution in [3.8, 4) is 11.4 Å². The Hall–Kier alpha value is -3.10. The molecule has 1 aliphatic heterocycles. The predicted molar refractivity (Wildman–Crippen MR) is 120 cm³/mol. The first-order valence-corrected chi connectivity index (χ1v) is 10.3. The molecule has 1 aliphatic rings. The first-order chi connectivity index (χ1) is 15.1. The number of nitrogens with zero attached hydrogens (tertiary/aromatic N) is 4. The molecule has 1 saturated heterocycles. The molecular weight excluding hydrogens is 419 g/mol. The third-order valence-corrected chi connectivity index (χ3v) is 5.17. The average molecular weight is 441 g/mol. The zero-order valence-corrected chi connectivity index (χ0v) is 17.7. The van der Waals surface area contributed by atoms with Crippen molar-refractivity contribution < 1.29 is 9.13 Å². The predicted octanol–water partition coefficient (Wildman–Crippen LogP) is 4.53. The Morgan fingerprint density at radius 3 is 2.71 bits per heavy atom. The van der Waals surface area contributed by atoms with E-state index >= 15 is 0 Å². The minimum absolute atomic E-state index is 0.115. The van der Waals surface area contributed by atoms with Gasteiger partial charge in [0, 0.05) is 19.1 Å². The number of halogens is 2. The van der Waals surface area contributed by atoms with Gasteiger partial charge in [-0.15, -0.1) is 0 Å². The lowest BCUT2D eigenvalue weighted by Gasteiger charge is -2.12. The molecule has 2 heterocycles. The quantitative estimate of drug-likeness (QED) is 0.414. The molecule has 0 saturated carbocycles. The smallest absolute Gasteiger partial charge is 0.248 e. The summed E-state index contributed by atoms with van der Waals surface area (Å²) in [6.07, 6.45) is 2.62. The monoisotopic (exact) mass is 440 g/mol. The van der Waals surface area contributed by atoms with Crippen LogP contribution in [0, 0.1) is 18.7 Å². The summed E-state index contributed by atoms with van der Waals surface area (Å²) in [7, 11) is 0. The van der Waals surface area contributed by atoms with Gasteiger partial charge in [0.25, 0.3) is 0 Å². The summed E-state index contributed by atoms with van der Waals surface area (Å²) in [5, 5.41) is 7.61. The Labute approximate surface area is 184 Å². The first kappa shape index (κ1) is 21.1. The van der Waals surface area contributed by atoms with Crippen molar-refractivity contribution in [1.29, 1.82) is 0 Å². The molecule has 31 heavy (non-hydrogen) atoms. The van der Waals surface area contributed by atoms with E-state index in [1.807, 2.05) is 31.2 Å². The Morgan fingerprint density at radius 2 is 1.97 bits per heavy atom. The number of rotatable bonds is 7. The molecule has 1 fully saturated rings. The normalized spacial score (nSPS) is 16.0. The molecule has 4 rings (SSSR count). The Kier molecular flexibility index (Phi) is 6.69. The lowest BCUT2D eigenvalue weighted by atomic mass is 10.1. The van der Waals surface area contributed by atoms with E-state index in [9.17, 15) is 4.39 Å². The Morgan fingerprint density at radius 1 is 1.16 bits per heavy atom. The molecule has 160 valence electrons. The van der Waals surface area contributed by atoms with Crippen molar-refractivity contribution >= 4 is 29.7 Å². The fourth-order valence-corrected chi connectivity index (χ4v) is 3.37. The maximum atomic E-state index is 14.5. The number of hydrogen-bond donors (Lipinski definition) is 2. The molecule has 3 aromatic rings. The van der Waals surface area contributed by atoms with E-state index in [1.165, 1.54) is 12.1 Å². The molecule has 2 N–H and O–H groups in total. The number of ether oxygens (including phenoxy) is 1. The van der Waals surface area contributed by atoms with Gasteiger partial charge in [-0.1, -0.05) is 47.5 Å². The second-order valence-electron chi connectivity index (χ2n) is 7.29. The van der Waals surface area contributed by atoms with Crippen LogP contribution in [0.25, 0.3) is 11.4 Å². The topological polar surface area (TPSA) is 84.3 Å². The Balaban J connectivity index is 1.59. The van der Waals surface area contributed by atoms with Crippen LogP contribution in [0.2, 0.25) is 5.02 Å². The van der Waals surface area contributed by atoms with Crippen LogP contribution in [0.3, 0.4) is 0 Å². The summed E-state index contributed by atoms with van der Waals surface area (Å²) >= 11 is 6.22. The minimum atomic E-state index is -0.511. The lowest BCUT2D eigenvalue weighted by Crippen LogP contribution is -2.17. The molecule has 1 atom stereocenters. The molecule has 2 aromatic carbocycles. The summed E-state index contributed by atoms with van der Waals surface area (Å²) in [6, 6.07) is 12.3. The van der Waals surface area contributed by atoms with Crippen LogP contribution in [0.15, 0.2) is 47.6 Å². The molecule has 7 nitrogen and oxygen atoms in total. The standard InChI is InChI=1S/C22H22ClFN6O/c1-14-5-7-15(8-6-14)12-26-30-22-28-20(19-17(23)3-2-4-18(19)24)27-21(29-22)25-11-16-9-10-31-13-16/h2-8,12,16H,9-11,13H2,1H3,(H2,25,27,28,29,30). The van der Waals surface area contributed by atoms with Gasteiger partial charge in [0.05, 0.1) is 23.4 Å². The number of aromatic nitrogens is 3. The van der Waals surface area contributed by atoms with Crippen LogP contribution < -0.4 is 10.7 Å². The Bertz CT molecular complexity index is 1050. The molecular formula is C22H22ClFN6O. The van der Waals surface area contributed by atoms with Gasteiger partial charge in [-0.25, -0.2) is 9.82 Å². The highest BCUT2D eigenvalue weighted by Crippen LogP contribution is 2.29. The van der Waals surface area contributed by atoms with Gasteiger partial charge in [-0.2, -0.15) is 20.1 Å². The van der Waals surface area contributed by atoms with Crippen LogP contribution in [-0.4, -0.2) is 40.9 Å². The van der Waals surface area contributed by atoms with Gasteiger partial charge in [-0.3, -0.25) is 0 Å². The molecule has 0 amide bonds. The number of benzene rings is 2. The van der Waals surface area contributed by atoms with Crippen molar-refractivity contribution in [2.24, 2.45) is 11.0 Å². The number of nitrogens with one attached hydrogen (secondary N) is 2. The highest BCUT2D eigenvalue weighted by Gasteiger charge is 2.18. The molecule has 0 spiro atoms. The molecule has 1 unspecified atom stereocenters. The van der Waals surface area contributed by atoms with E-state index in [0.29, 0.717) is 25.0 Å². The van der Waals surface area contributed by atoms with Gasteiger partial charge in [-0.05, 0) is 31.0 Å². The van der Waals surface area contributed by atoms with Gasteiger partial charge >= 0.3 is 0 Å². The minimum Gasteiger partial charge on any atom is -0.381 e. The summed E-state index contributed by atoms with van der Waals surface area (Å²) in [5.41, 5.74) is 5.00. The molecule has 0 bridgehead atoms. The number of aryl methyl sites for hydroxylation is 1. The third-order valence-electron chi connectivity index (χ3n) is 4.85. The van der Waals surface area contributed by atoms with E-state index in [1.54, 1.807) is 12.3 Å². The summed E-state index contributed by atoms with van der Waals surface area (Å²) in [5.74, 6) is 0.467. The van der Waals surface area contributed by atoms with Crippen LogP contribution in [-0.2, 0) is 4.74 Å². The van der Waals surface area contributed by atoms with Crippen molar-refractivity contribution in [1.82, 2.24) is 15.0 Å². The van der Waals surface area contributed by atoms with E-state index in [0.717, 1.165) is 24.2 Å². The largest absolute Gasteiger partial charge is 0.381 e. The van der Waals surface area contributed by atoms with Crippen molar-refractivity contribution in [2.75, 3.05) is 30.5 Å². The third kappa shape index (κ3) is 5.53. The van der Waals surface area contributed by atoms with E-state index in [4.69, 9.17) is 16.3 Å². The van der Waals surface area contributed by atoms with Crippen molar-refractivity contribution in [3.05, 3.63) is 64.4 Å².